The van der Waals surface area contributed by atoms with Crippen molar-refractivity contribution < 1.29 is 9.59 Å². The Kier molecular flexibility index (Phi) is 7.17. The maximum atomic E-state index is 12.1. The van der Waals surface area contributed by atoms with Gasteiger partial charge < -0.3 is 10.6 Å². The molecule has 2 aromatic rings. The Hall–Kier alpha value is -2.47. The van der Waals surface area contributed by atoms with Gasteiger partial charge in [0.25, 0.3) is 0 Å². The largest absolute Gasteiger partial charge is 0.351 e. The lowest BCUT2D eigenvalue weighted by Gasteiger charge is -2.22. The first kappa shape index (κ1) is 17.9. The Morgan fingerprint density at radius 2 is 1.54 bits per heavy atom. The Morgan fingerprint density at radius 1 is 0.958 bits per heavy atom. The zero-order valence-corrected chi connectivity index (χ0v) is 14.2. The highest BCUT2D eigenvalue weighted by atomic mass is 32.2. The number of nitrogens with zero attached hydrogens (tertiary/aromatic N) is 1. The summed E-state index contributed by atoms with van der Waals surface area (Å²) in [5.41, 5.74) is 7.31. The second kappa shape index (κ2) is 9.62. The number of nitrogens with one attached hydrogen (secondary N) is 1. The zero-order chi connectivity index (χ0) is 17.2. The minimum atomic E-state index is -0.838. The van der Waals surface area contributed by atoms with Crippen LogP contribution >= 0.6 is 11.8 Å². The number of urea groups is 2. The highest BCUT2D eigenvalue weighted by Crippen LogP contribution is 2.13. The predicted molar refractivity (Wildman–Crippen MR) is 97.6 cm³/mol. The van der Waals surface area contributed by atoms with Crippen LogP contribution in [0.25, 0.3) is 0 Å². The van der Waals surface area contributed by atoms with Crippen LogP contribution in [0.5, 0.6) is 0 Å². The molecule has 2 aromatic carbocycles. The van der Waals surface area contributed by atoms with Gasteiger partial charge in [-0.1, -0.05) is 60.7 Å². The predicted octanol–water partition coefficient (Wildman–Crippen LogP) is 3.21. The molecule has 0 spiro atoms. The molecule has 5 nitrogen and oxygen atoms in total. The second-order valence-corrected chi connectivity index (χ2v) is 6.34. The topological polar surface area (TPSA) is 75.4 Å². The monoisotopic (exact) mass is 343 g/mol. The Bertz CT molecular complexity index is 650. The average molecular weight is 343 g/mol. The minimum Gasteiger partial charge on any atom is -0.351 e. The standard InChI is InChI=1S/C18H21N3O2S/c19-17(22)20-18(23)21(13-15-7-3-1-4-8-15)11-12-24-14-16-9-5-2-6-10-16/h1-10H,11-14H2,(H3,19,20,22,23). The van der Waals surface area contributed by atoms with E-state index in [9.17, 15) is 9.59 Å². The highest BCUT2D eigenvalue weighted by Gasteiger charge is 2.15. The van der Waals surface area contributed by atoms with Gasteiger partial charge in [-0.15, -0.1) is 0 Å². The molecule has 0 heterocycles. The molecular formula is C18H21N3O2S. The summed E-state index contributed by atoms with van der Waals surface area (Å²) in [6, 6.07) is 18.5. The number of amides is 4. The van der Waals surface area contributed by atoms with Crippen LogP contribution < -0.4 is 11.1 Å². The van der Waals surface area contributed by atoms with Crippen LogP contribution in [0.2, 0.25) is 0 Å². The quantitative estimate of drug-likeness (QED) is 0.758. The summed E-state index contributed by atoms with van der Waals surface area (Å²) in [5, 5.41) is 2.14. The van der Waals surface area contributed by atoms with Gasteiger partial charge in [-0.2, -0.15) is 11.8 Å². The van der Waals surface area contributed by atoms with E-state index in [0.29, 0.717) is 13.1 Å². The van der Waals surface area contributed by atoms with Crippen LogP contribution in [0.1, 0.15) is 11.1 Å². The van der Waals surface area contributed by atoms with Crippen molar-refractivity contribution in [1.82, 2.24) is 10.2 Å². The first-order chi connectivity index (χ1) is 11.6. The van der Waals surface area contributed by atoms with Crippen molar-refractivity contribution in [3.8, 4) is 0 Å². The molecule has 0 saturated carbocycles. The number of nitrogens with two attached hydrogens (primary N) is 1. The van der Waals surface area contributed by atoms with Crippen molar-refractivity contribution in [2.45, 2.75) is 12.3 Å². The fourth-order valence-electron chi connectivity index (χ4n) is 2.18. The molecule has 6 heteroatoms. The summed E-state index contributed by atoms with van der Waals surface area (Å²) in [6.45, 7) is 0.970. The van der Waals surface area contributed by atoms with E-state index in [-0.39, 0.29) is 0 Å². The molecule has 4 amide bonds. The number of benzene rings is 2. The molecule has 126 valence electrons. The molecule has 0 aliphatic rings. The van der Waals surface area contributed by atoms with Gasteiger partial charge in [-0.3, -0.25) is 5.32 Å². The lowest BCUT2D eigenvalue weighted by Crippen LogP contribution is -2.45. The van der Waals surface area contributed by atoms with Gasteiger partial charge in [0.2, 0.25) is 0 Å². The van der Waals surface area contributed by atoms with Crippen molar-refractivity contribution in [2.75, 3.05) is 12.3 Å². The summed E-state index contributed by atoms with van der Waals surface area (Å²) in [4.78, 5) is 24.7. The SMILES string of the molecule is NC(=O)NC(=O)N(CCSCc1ccccc1)Cc1ccccc1. The summed E-state index contributed by atoms with van der Waals surface area (Å²) in [5.74, 6) is 1.66. The van der Waals surface area contributed by atoms with Crippen LogP contribution in [-0.4, -0.2) is 29.3 Å². The van der Waals surface area contributed by atoms with Crippen molar-refractivity contribution in [1.29, 1.82) is 0 Å². The van der Waals surface area contributed by atoms with Gasteiger partial charge in [0.1, 0.15) is 0 Å². The number of carbonyl (C=O) groups excluding carboxylic acids is 2. The van der Waals surface area contributed by atoms with Gasteiger partial charge in [-0.25, -0.2) is 9.59 Å². The van der Waals surface area contributed by atoms with Gasteiger partial charge in [0.05, 0.1) is 0 Å². The number of primary amides is 1. The van der Waals surface area contributed by atoms with Gasteiger partial charge in [0, 0.05) is 24.6 Å². The fraction of sp³-hybridized carbons (Fsp3) is 0.222. The molecule has 0 bridgehead atoms. The molecule has 3 N–H and O–H groups in total. The van der Waals surface area contributed by atoms with Crippen LogP contribution in [0, 0.1) is 0 Å². The van der Waals surface area contributed by atoms with E-state index >= 15 is 0 Å². The molecule has 0 aliphatic heterocycles. The van der Waals surface area contributed by atoms with E-state index < -0.39 is 12.1 Å². The van der Waals surface area contributed by atoms with E-state index in [2.05, 4.69) is 17.4 Å². The highest BCUT2D eigenvalue weighted by molar-refractivity contribution is 7.98. The smallest absolute Gasteiger partial charge is 0.325 e. The van der Waals surface area contributed by atoms with Crippen molar-refractivity contribution in [2.24, 2.45) is 5.73 Å². The molecule has 0 aromatic heterocycles. The molecule has 0 atom stereocenters. The summed E-state index contributed by atoms with van der Waals surface area (Å²) >= 11 is 1.74. The molecule has 24 heavy (non-hydrogen) atoms. The second-order valence-electron chi connectivity index (χ2n) is 5.24. The zero-order valence-electron chi connectivity index (χ0n) is 13.4. The van der Waals surface area contributed by atoms with E-state index in [0.717, 1.165) is 17.1 Å². The summed E-state index contributed by atoms with van der Waals surface area (Å²) in [6.07, 6.45) is 0. The van der Waals surface area contributed by atoms with E-state index in [1.54, 1.807) is 16.7 Å². The van der Waals surface area contributed by atoms with Gasteiger partial charge in [0.15, 0.2) is 0 Å². The number of carbonyl (C=O) groups is 2. The molecule has 0 unspecified atom stereocenters. The molecule has 0 saturated heterocycles. The Labute approximate surface area is 146 Å². The lowest BCUT2D eigenvalue weighted by atomic mass is 10.2. The van der Waals surface area contributed by atoms with E-state index in [4.69, 9.17) is 5.73 Å². The number of hydrogen-bond donors (Lipinski definition) is 2. The lowest BCUT2D eigenvalue weighted by molar-refractivity contribution is 0.197. The maximum Gasteiger partial charge on any atom is 0.325 e. The molecule has 0 fully saturated rings. The van der Waals surface area contributed by atoms with Crippen LogP contribution in [-0.2, 0) is 12.3 Å². The van der Waals surface area contributed by atoms with Crippen LogP contribution in [0.4, 0.5) is 9.59 Å². The normalized spacial score (nSPS) is 10.2. The summed E-state index contributed by atoms with van der Waals surface area (Å²) in [7, 11) is 0. The fourth-order valence-corrected chi connectivity index (χ4v) is 3.10. The molecule has 0 aliphatic carbocycles. The Morgan fingerprint density at radius 3 is 2.12 bits per heavy atom. The first-order valence-corrected chi connectivity index (χ1v) is 8.81. The van der Waals surface area contributed by atoms with E-state index in [1.807, 2.05) is 48.5 Å². The third-order valence-electron chi connectivity index (χ3n) is 3.35. The number of rotatable bonds is 7. The summed E-state index contributed by atoms with van der Waals surface area (Å²) < 4.78 is 0. The van der Waals surface area contributed by atoms with Crippen molar-refractivity contribution in [3.63, 3.8) is 0 Å². The third-order valence-corrected chi connectivity index (χ3v) is 4.36. The number of thioether (sulfide) groups is 1. The molecular weight excluding hydrogens is 322 g/mol. The van der Waals surface area contributed by atoms with Crippen LogP contribution in [0.3, 0.4) is 0 Å². The number of hydrogen-bond acceptors (Lipinski definition) is 3. The Balaban J connectivity index is 1.87. The third kappa shape index (κ3) is 6.34. The van der Waals surface area contributed by atoms with Crippen molar-refractivity contribution in [3.05, 3.63) is 71.8 Å². The van der Waals surface area contributed by atoms with Crippen LogP contribution in [0.15, 0.2) is 60.7 Å². The first-order valence-electron chi connectivity index (χ1n) is 7.66. The van der Waals surface area contributed by atoms with E-state index in [1.165, 1.54) is 5.56 Å². The van der Waals surface area contributed by atoms with Crippen molar-refractivity contribution >= 4 is 23.8 Å². The molecule has 0 radical (unpaired) electrons. The van der Waals surface area contributed by atoms with Gasteiger partial charge >= 0.3 is 12.1 Å². The maximum absolute atomic E-state index is 12.1. The molecule has 2 rings (SSSR count). The number of imide groups is 1. The average Bonchev–Trinajstić information content (AvgIpc) is 2.59. The van der Waals surface area contributed by atoms with Gasteiger partial charge in [-0.05, 0) is 11.1 Å². The minimum absolute atomic E-state index is 0.436.